The van der Waals surface area contributed by atoms with E-state index < -0.39 is 0 Å². The van der Waals surface area contributed by atoms with Crippen LogP contribution in [0, 0.1) is 5.92 Å². The highest BCUT2D eigenvalue weighted by Crippen LogP contribution is 2.32. The molecule has 2 atom stereocenters. The normalized spacial score (nSPS) is 29.1. The summed E-state index contributed by atoms with van der Waals surface area (Å²) in [6, 6.07) is 11.1. The third-order valence-corrected chi connectivity index (χ3v) is 5.75. The number of nitrogens with one attached hydrogen (secondary N) is 1. The first-order valence-electron chi connectivity index (χ1n) is 9.42. The third-order valence-electron chi connectivity index (χ3n) is 5.75. The van der Waals surface area contributed by atoms with E-state index in [0.717, 1.165) is 45.1 Å². The molecule has 24 heavy (non-hydrogen) atoms. The summed E-state index contributed by atoms with van der Waals surface area (Å²) in [6.45, 7) is 3.33. The molecular weight excluding hydrogens is 300 g/mol. The van der Waals surface area contributed by atoms with Gasteiger partial charge in [-0.1, -0.05) is 30.3 Å². The molecule has 2 fully saturated rings. The molecule has 2 unspecified atom stereocenters. The summed E-state index contributed by atoms with van der Waals surface area (Å²) < 4.78 is 0. The number of aliphatic hydroxyl groups excluding tert-OH is 1. The summed E-state index contributed by atoms with van der Waals surface area (Å²) in [5.41, 5.74) is 1.43. The fraction of sp³-hybridized carbons (Fsp3) is 0.650. The van der Waals surface area contributed by atoms with Gasteiger partial charge in [0.1, 0.15) is 0 Å². The number of hydrogen-bond acceptors (Lipinski definition) is 2. The number of amides is 2. The minimum atomic E-state index is -0.332. The summed E-state index contributed by atoms with van der Waals surface area (Å²) in [4.78, 5) is 14.4. The Morgan fingerprint density at radius 3 is 2.54 bits per heavy atom. The lowest BCUT2D eigenvalue weighted by atomic mass is 9.82. The van der Waals surface area contributed by atoms with Crippen molar-refractivity contribution in [3.8, 4) is 0 Å². The maximum atomic E-state index is 12.5. The summed E-state index contributed by atoms with van der Waals surface area (Å²) in [7, 11) is 0. The van der Waals surface area contributed by atoms with Gasteiger partial charge in [0.2, 0.25) is 0 Å². The molecule has 3 rings (SSSR count). The van der Waals surface area contributed by atoms with Crippen LogP contribution in [-0.4, -0.2) is 41.3 Å². The van der Waals surface area contributed by atoms with Gasteiger partial charge < -0.3 is 15.3 Å². The largest absolute Gasteiger partial charge is 0.393 e. The van der Waals surface area contributed by atoms with Crippen molar-refractivity contribution in [3.05, 3.63) is 35.9 Å². The van der Waals surface area contributed by atoms with Crippen LogP contribution in [-0.2, 0) is 0 Å². The van der Waals surface area contributed by atoms with Crippen molar-refractivity contribution < 1.29 is 9.90 Å². The Kier molecular flexibility index (Phi) is 5.77. The van der Waals surface area contributed by atoms with E-state index in [1.54, 1.807) is 0 Å². The first-order valence-corrected chi connectivity index (χ1v) is 9.42. The number of carbonyl (C=O) groups excluding carboxylic acids is 1. The molecule has 1 aromatic carbocycles. The summed E-state index contributed by atoms with van der Waals surface area (Å²) in [6.07, 6.45) is 6.07. The Morgan fingerprint density at radius 1 is 1.17 bits per heavy atom. The molecule has 4 heteroatoms. The summed E-state index contributed by atoms with van der Waals surface area (Å²) in [5, 5.41) is 13.0. The van der Waals surface area contributed by atoms with Crippen molar-refractivity contribution in [3.63, 3.8) is 0 Å². The number of rotatable bonds is 3. The molecule has 0 bridgehead atoms. The molecule has 0 aromatic heterocycles. The number of hydrogen-bond donors (Lipinski definition) is 2. The second kappa shape index (κ2) is 8.02. The summed E-state index contributed by atoms with van der Waals surface area (Å²) >= 11 is 0. The number of piperidine rings is 1. The molecule has 4 nitrogen and oxygen atoms in total. The fourth-order valence-electron chi connectivity index (χ4n) is 4.15. The van der Waals surface area contributed by atoms with Crippen LogP contribution >= 0.6 is 0 Å². The van der Waals surface area contributed by atoms with Crippen LogP contribution in [0.3, 0.4) is 0 Å². The van der Waals surface area contributed by atoms with Crippen molar-refractivity contribution in [2.45, 2.75) is 63.5 Å². The SMILES string of the molecule is CC(O)C1CCCN(C(=O)NC2CCC(c3ccccc3)CC2)C1. The van der Waals surface area contributed by atoms with E-state index in [-0.39, 0.29) is 18.1 Å². The molecule has 2 N–H and O–H groups in total. The smallest absolute Gasteiger partial charge is 0.317 e. The number of benzene rings is 1. The molecule has 1 aromatic rings. The Labute approximate surface area is 145 Å². The highest BCUT2D eigenvalue weighted by Gasteiger charge is 2.29. The zero-order chi connectivity index (χ0) is 16.9. The predicted octanol–water partition coefficient (Wildman–Crippen LogP) is 3.52. The van der Waals surface area contributed by atoms with Crippen LogP contribution in [0.5, 0.6) is 0 Å². The van der Waals surface area contributed by atoms with E-state index in [1.165, 1.54) is 5.56 Å². The maximum Gasteiger partial charge on any atom is 0.317 e. The van der Waals surface area contributed by atoms with Crippen molar-refractivity contribution in [2.24, 2.45) is 5.92 Å². The lowest BCUT2D eigenvalue weighted by Crippen LogP contribution is -2.50. The van der Waals surface area contributed by atoms with E-state index >= 15 is 0 Å². The molecule has 0 radical (unpaired) electrons. The van der Waals surface area contributed by atoms with Crippen LogP contribution in [0.15, 0.2) is 30.3 Å². The van der Waals surface area contributed by atoms with Crippen molar-refractivity contribution in [1.82, 2.24) is 10.2 Å². The van der Waals surface area contributed by atoms with Crippen LogP contribution in [0.1, 0.15) is 56.9 Å². The number of nitrogens with zero attached hydrogens (tertiary/aromatic N) is 1. The minimum absolute atomic E-state index is 0.0588. The zero-order valence-corrected chi connectivity index (χ0v) is 14.7. The first kappa shape index (κ1) is 17.3. The molecule has 2 amide bonds. The molecule has 1 aliphatic heterocycles. The Hall–Kier alpha value is -1.55. The van der Waals surface area contributed by atoms with Crippen LogP contribution < -0.4 is 5.32 Å². The van der Waals surface area contributed by atoms with Crippen LogP contribution in [0.4, 0.5) is 4.79 Å². The lowest BCUT2D eigenvalue weighted by Gasteiger charge is -2.36. The molecular formula is C20H30N2O2. The van der Waals surface area contributed by atoms with Gasteiger partial charge in [-0.05, 0) is 56.9 Å². The van der Waals surface area contributed by atoms with Crippen LogP contribution in [0.25, 0.3) is 0 Å². The maximum absolute atomic E-state index is 12.5. The van der Waals surface area contributed by atoms with E-state index in [0.29, 0.717) is 18.5 Å². The second-order valence-corrected chi connectivity index (χ2v) is 7.50. The van der Waals surface area contributed by atoms with Crippen molar-refractivity contribution >= 4 is 6.03 Å². The lowest BCUT2D eigenvalue weighted by molar-refractivity contribution is 0.0729. The molecule has 1 saturated heterocycles. The Balaban J connectivity index is 1.46. The van der Waals surface area contributed by atoms with Crippen molar-refractivity contribution in [1.29, 1.82) is 0 Å². The van der Waals surface area contributed by atoms with Crippen molar-refractivity contribution in [2.75, 3.05) is 13.1 Å². The van der Waals surface area contributed by atoms with Gasteiger partial charge in [-0.25, -0.2) is 4.79 Å². The van der Waals surface area contributed by atoms with E-state index in [4.69, 9.17) is 0 Å². The highest BCUT2D eigenvalue weighted by molar-refractivity contribution is 5.74. The van der Waals surface area contributed by atoms with Gasteiger partial charge in [0.15, 0.2) is 0 Å². The van der Waals surface area contributed by atoms with Gasteiger partial charge in [-0.3, -0.25) is 0 Å². The molecule has 132 valence electrons. The number of carbonyl (C=O) groups is 1. The van der Waals surface area contributed by atoms with Gasteiger partial charge in [0, 0.05) is 25.0 Å². The zero-order valence-electron chi connectivity index (χ0n) is 14.7. The first-order chi connectivity index (χ1) is 11.6. The topological polar surface area (TPSA) is 52.6 Å². The standard InChI is InChI=1S/C20H30N2O2/c1-15(23)18-8-5-13-22(14-18)20(24)21-19-11-9-17(10-12-19)16-6-3-2-4-7-16/h2-4,6-7,15,17-19,23H,5,8-14H2,1H3,(H,21,24). The molecule has 0 spiro atoms. The van der Waals surface area contributed by atoms with Crippen LogP contribution in [0.2, 0.25) is 0 Å². The molecule has 1 heterocycles. The van der Waals surface area contributed by atoms with E-state index in [9.17, 15) is 9.90 Å². The Bertz CT molecular complexity index is 524. The minimum Gasteiger partial charge on any atom is -0.393 e. The number of aliphatic hydroxyl groups is 1. The van der Waals surface area contributed by atoms with Gasteiger partial charge in [-0.15, -0.1) is 0 Å². The monoisotopic (exact) mass is 330 g/mol. The van der Waals surface area contributed by atoms with Gasteiger partial charge in [0.05, 0.1) is 6.10 Å². The third kappa shape index (κ3) is 4.29. The summed E-state index contributed by atoms with van der Waals surface area (Å²) in [5.74, 6) is 0.854. The molecule has 2 aliphatic rings. The Morgan fingerprint density at radius 2 is 1.88 bits per heavy atom. The number of likely N-dealkylation sites (tertiary alicyclic amines) is 1. The molecule has 1 aliphatic carbocycles. The second-order valence-electron chi connectivity index (χ2n) is 7.50. The average molecular weight is 330 g/mol. The van der Waals surface area contributed by atoms with Gasteiger partial charge >= 0.3 is 6.03 Å². The van der Waals surface area contributed by atoms with Gasteiger partial charge in [0.25, 0.3) is 0 Å². The average Bonchev–Trinajstić information content (AvgIpc) is 2.63. The predicted molar refractivity (Wildman–Crippen MR) is 95.9 cm³/mol. The quantitative estimate of drug-likeness (QED) is 0.891. The number of urea groups is 1. The van der Waals surface area contributed by atoms with Gasteiger partial charge in [-0.2, -0.15) is 0 Å². The highest BCUT2D eigenvalue weighted by atomic mass is 16.3. The molecule has 1 saturated carbocycles. The van der Waals surface area contributed by atoms with E-state index in [2.05, 4.69) is 35.6 Å². The van der Waals surface area contributed by atoms with E-state index in [1.807, 2.05) is 11.8 Å². The fourth-order valence-corrected chi connectivity index (χ4v) is 4.15.